The van der Waals surface area contributed by atoms with Crippen LogP contribution in [0.4, 0.5) is 0 Å². The van der Waals surface area contributed by atoms with Crippen molar-refractivity contribution in [1.82, 2.24) is 20.0 Å². The zero-order valence-electron chi connectivity index (χ0n) is 11.9. The highest BCUT2D eigenvalue weighted by Crippen LogP contribution is 2.18. The minimum Gasteiger partial charge on any atom is -0.378 e. The number of ether oxygens (including phenoxy) is 1. The normalized spacial score (nSPS) is 17.5. The Morgan fingerprint density at radius 2 is 2.52 bits per heavy atom. The second kappa shape index (κ2) is 6.09. The SMILES string of the molecule is COCc1nocc1C(=O)NC[C@H]1CCc2nccn2C1. The number of rotatable bonds is 5. The lowest BCUT2D eigenvalue weighted by atomic mass is 9.99. The Morgan fingerprint density at radius 3 is 3.38 bits per heavy atom. The van der Waals surface area contributed by atoms with Gasteiger partial charge >= 0.3 is 0 Å². The molecule has 7 nitrogen and oxygen atoms in total. The van der Waals surface area contributed by atoms with E-state index in [1.54, 1.807) is 7.11 Å². The monoisotopic (exact) mass is 290 g/mol. The summed E-state index contributed by atoms with van der Waals surface area (Å²) in [6, 6.07) is 0. The minimum atomic E-state index is -0.167. The summed E-state index contributed by atoms with van der Waals surface area (Å²) in [5, 5.41) is 6.72. The Morgan fingerprint density at radius 1 is 1.62 bits per heavy atom. The molecule has 1 N–H and O–H groups in total. The highest BCUT2D eigenvalue weighted by atomic mass is 16.5. The molecule has 0 bridgehead atoms. The van der Waals surface area contributed by atoms with E-state index in [1.807, 2.05) is 12.4 Å². The minimum absolute atomic E-state index is 0.167. The van der Waals surface area contributed by atoms with Crippen molar-refractivity contribution in [3.63, 3.8) is 0 Å². The molecule has 0 aromatic carbocycles. The number of fused-ring (bicyclic) bond motifs is 1. The average molecular weight is 290 g/mol. The number of methoxy groups -OCH3 is 1. The zero-order chi connectivity index (χ0) is 14.7. The van der Waals surface area contributed by atoms with Crippen LogP contribution in [0.15, 0.2) is 23.2 Å². The first kappa shape index (κ1) is 13.8. The predicted molar refractivity (Wildman–Crippen MR) is 73.6 cm³/mol. The molecule has 0 unspecified atom stereocenters. The molecular weight excluding hydrogens is 272 g/mol. The molecule has 1 atom stereocenters. The third kappa shape index (κ3) is 2.97. The standard InChI is InChI=1S/C14H18N4O3/c1-20-9-12-11(8-21-17-12)14(19)16-6-10-2-3-13-15-4-5-18(13)7-10/h4-5,8,10H,2-3,6-7,9H2,1H3,(H,16,19)/t10-/m1/s1. The Hall–Kier alpha value is -2.15. The van der Waals surface area contributed by atoms with Crippen molar-refractivity contribution in [3.05, 3.63) is 35.7 Å². The van der Waals surface area contributed by atoms with E-state index < -0.39 is 0 Å². The Labute approximate surface area is 122 Å². The van der Waals surface area contributed by atoms with Crippen LogP contribution in [0.1, 0.15) is 28.3 Å². The van der Waals surface area contributed by atoms with Crippen LogP contribution in [0.3, 0.4) is 0 Å². The van der Waals surface area contributed by atoms with Crippen LogP contribution < -0.4 is 5.32 Å². The van der Waals surface area contributed by atoms with Crippen molar-refractivity contribution in [2.24, 2.45) is 5.92 Å². The van der Waals surface area contributed by atoms with Gasteiger partial charge in [0.2, 0.25) is 0 Å². The molecule has 21 heavy (non-hydrogen) atoms. The van der Waals surface area contributed by atoms with Crippen LogP contribution in [0.5, 0.6) is 0 Å². The number of nitrogens with zero attached hydrogens (tertiary/aromatic N) is 3. The first-order chi connectivity index (χ1) is 10.3. The number of hydrogen-bond donors (Lipinski definition) is 1. The van der Waals surface area contributed by atoms with Crippen LogP contribution in [0.25, 0.3) is 0 Å². The smallest absolute Gasteiger partial charge is 0.256 e. The van der Waals surface area contributed by atoms with Gasteiger partial charge in [-0.05, 0) is 12.3 Å². The molecule has 3 heterocycles. The fourth-order valence-electron chi connectivity index (χ4n) is 2.62. The van der Waals surface area contributed by atoms with Crippen LogP contribution in [-0.4, -0.2) is 34.3 Å². The van der Waals surface area contributed by atoms with Gasteiger partial charge in [-0.1, -0.05) is 5.16 Å². The highest BCUT2D eigenvalue weighted by molar-refractivity contribution is 5.94. The van der Waals surface area contributed by atoms with Gasteiger partial charge in [0.05, 0.1) is 6.61 Å². The van der Waals surface area contributed by atoms with E-state index in [0.717, 1.165) is 25.2 Å². The topological polar surface area (TPSA) is 82.2 Å². The number of aryl methyl sites for hydroxylation is 1. The molecule has 112 valence electrons. The maximum Gasteiger partial charge on any atom is 0.256 e. The second-order valence-corrected chi connectivity index (χ2v) is 5.22. The van der Waals surface area contributed by atoms with E-state index in [-0.39, 0.29) is 12.5 Å². The van der Waals surface area contributed by atoms with Gasteiger partial charge in [0.25, 0.3) is 5.91 Å². The molecule has 3 rings (SSSR count). The van der Waals surface area contributed by atoms with Gasteiger partial charge in [-0.25, -0.2) is 4.98 Å². The predicted octanol–water partition coefficient (Wildman–Crippen LogP) is 1.01. The largest absolute Gasteiger partial charge is 0.378 e. The molecule has 0 saturated carbocycles. The number of hydrogen-bond acceptors (Lipinski definition) is 5. The lowest BCUT2D eigenvalue weighted by Crippen LogP contribution is -2.33. The number of carbonyl (C=O) groups is 1. The molecule has 0 fully saturated rings. The average Bonchev–Trinajstić information content (AvgIpc) is 3.13. The maximum atomic E-state index is 12.2. The Kier molecular flexibility index (Phi) is 4.01. The first-order valence-corrected chi connectivity index (χ1v) is 6.98. The van der Waals surface area contributed by atoms with Gasteiger partial charge in [0, 0.05) is 39.0 Å². The molecule has 7 heteroatoms. The van der Waals surface area contributed by atoms with Crippen molar-refractivity contribution in [1.29, 1.82) is 0 Å². The summed E-state index contributed by atoms with van der Waals surface area (Å²) >= 11 is 0. The fraction of sp³-hybridized carbons (Fsp3) is 0.500. The second-order valence-electron chi connectivity index (χ2n) is 5.22. The van der Waals surface area contributed by atoms with Crippen molar-refractivity contribution in [2.45, 2.75) is 26.0 Å². The molecule has 0 saturated heterocycles. The van der Waals surface area contributed by atoms with Crippen molar-refractivity contribution in [3.8, 4) is 0 Å². The Balaban J connectivity index is 1.56. The summed E-state index contributed by atoms with van der Waals surface area (Å²) in [5.41, 5.74) is 0.964. The van der Waals surface area contributed by atoms with E-state index in [9.17, 15) is 4.79 Å². The fourth-order valence-corrected chi connectivity index (χ4v) is 2.62. The van der Waals surface area contributed by atoms with Crippen molar-refractivity contribution < 1.29 is 14.1 Å². The van der Waals surface area contributed by atoms with Gasteiger partial charge in [-0.3, -0.25) is 4.79 Å². The summed E-state index contributed by atoms with van der Waals surface area (Å²) in [6.45, 7) is 1.79. The lowest BCUT2D eigenvalue weighted by Gasteiger charge is -2.23. The van der Waals surface area contributed by atoms with Crippen LogP contribution in [-0.2, 0) is 24.3 Å². The van der Waals surface area contributed by atoms with E-state index in [2.05, 4.69) is 20.0 Å². The molecule has 1 aliphatic rings. The number of amides is 1. The number of imidazole rings is 1. The van der Waals surface area contributed by atoms with Gasteiger partial charge in [0.15, 0.2) is 0 Å². The summed E-state index contributed by atoms with van der Waals surface area (Å²) < 4.78 is 12.0. The summed E-state index contributed by atoms with van der Waals surface area (Å²) in [5.74, 6) is 1.38. The van der Waals surface area contributed by atoms with Crippen LogP contribution >= 0.6 is 0 Å². The summed E-state index contributed by atoms with van der Waals surface area (Å²) in [6.07, 6.45) is 7.16. The molecule has 1 amide bonds. The Bertz CT molecular complexity index is 619. The van der Waals surface area contributed by atoms with Gasteiger partial charge in [-0.15, -0.1) is 0 Å². The molecule has 0 aliphatic carbocycles. The van der Waals surface area contributed by atoms with E-state index >= 15 is 0 Å². The summed E-state index contributed by atoms with van der Waals surface area (Å²) in [7, 11) is 1.56. The molecule has 1 aliphatic heterocycles. The third-order valence-corrected chi connectivity index (χ3v) is 3.75. The van der Waals surface area contributed by atoms with Gasteiger partial charge in [-0.2, -0.15) is 0 Å². The molecule has 2 aromatic heterocycles. The maximum absolute atomic E-state index is 12.2. The van der Waals surface area contributed by atoms with E-state index in [4.69, 9.17) is 9.26 Å². The van der Waals surface area contributed by atoms with Gasteiger partial charge in [0.1, 0.15) is 23.3 Å². The molecular formula is C14H18N4O3. The number of aromatic nitrogens is 3. The number of carbonyl (C=O) groups excluding carboxylic acids is 1. The van der Waals surface area contributed by atoms with E-state index in [1.165, 1.54) is 6.26 Å². The molecule has 0 spiro atoms. The lowest BCUT2D eigenvalue weighted by molar-refractivity contribution is 0.0938. The van der Waals surface area contributed by atoms with Crippen LogP contribution in [0, 0.1) is 5.92 Å². The van der Waals surface area contributed by atoms with Crippen LogP contribution in [0.2, 0.25) is 0 Å². The van der Waals surface area contributed by atoms with Crippen molar-refractivity contribution >= 4 is 5.91 Å². The molecule has 0 radical (unpaired) electrons. The quantitative estimate of drug-likeness (QED) is 0.888. The third-order valence-electron chi connectivity index (χ3n) is 3.75. The highest BCUT2D eigenvalue weighted by Gasteiger charge is 2.21. The first-order valence-electron chi connectivity index (χ1n) is 6.98. The molecule has 2 aromatic rings. The van der Waals surface area contributed by atoms with Gasteiger partial charge < -0.3 is 19.1 Å². The van der Waals surface area contributed by atoms with Crippen molar-refractivity contribution in [2.75, 3.05) is 13.7 Å². The summed E-state index contributed by atoms with van der Waals surface area (Å²) in [4.78, 5) is 16.5. The van der Waals surface area contributed by atoms with E-state index in [0.29, 0.717) is 23.7 Å². The zero-order valence-corrected chi connectivity index (χ0v) is 11.9. The number of nitrogens with one attached hydrogen (secondary N) is 1.